The van der Waals surface area contributed by atoms with Crippen molar-refractivity contribution in [3.63, 3.8) is 0 Å². The van der Waals surface area contributed by atoms with Crippen molar-refractivity contribution in [3.8, 4) is 5.75 Å². The summed E-state index contributed by atoms with van der Waals surface area (Å²) in [5.74, 6) is -2.00. The van der Waals surface area contributed by atoms with E-state index in [9.17, 15) is 14.4 Å². The summed E-state index contributed by atoms with van der Waals surface area (Å²) in [5.41, 5.74) is 1.37. The molecule has 1 aliphatic heterocycles. The van der Waals surface area contributed by atoms with Gasteiger partial charge in [0.25, 0.3) is 5.91 Å². The highest BCUT2D eigenvalue weighted by atomic mass is 79.9. The van der Waals surface area contributed by atoms with Crippen molar-refractivity contribution in [2.24, 2.45) is 4.99 Å². The van der Waals surface area contributed by atoms with Gasteiger partial charge in [-0.15, -0.1) is 0 Å². The van der Waals surface area contributed by atoms with E-state index in [2.05, 4.69) is 36.9 Å². The summed E-state index contributed by atoms with van der Waals surface area (Å²) in [4.78, 5) is 40.6. The summed E-state index contributed by atoms with van der Waals surface area (Å²) in [7, 11) is 1.61. The van der Waals surface area contributed by atoms with E-state index in [1.165, 1.54) is 28.8 Å². The summed E-state index contributed by atoms with van der Waals surface area (Å²) in [6.07, 6.45) is 1.69. The third-order valence-corrected chi connectivity index (χ3v) is 6.24. The van der Waals surface area contributed by atoms with Crippen LogP contribution in [0, 0.1) is 0 Å². The molecule has 3 rings (SSSR count). The lowest BCUT2D eigenvalue weighted by molar-refractivity contribution is -0.139. The summed E-state index contributed by atoms with van der Waals surface area (Å²) >= 11 is 7.89. The van der Waals surface area contributed by atoms with Crippen LogP contribution >= 0.6 is 43.6 Å². The Kier molecular flexibility index (Phi) is 7.19. The number of thioether (sulfide) groups is 1. The number of aliphatic carboxylic acids is 1. The van der Waals surface area contributed by atoms with Crippen LogP contribution in [0.15, 0.2) is 55.2 Å². The van der Waals surface area contributed by atoms with Crippen molar-refractivity contribution in [3.05, 3.63) is 61.4 Å². The summed E-state index contributed by atoms with van der Waals surface area (Å²) in [5, 5.41) is 18.2. The molecule has 1 aliphatic rings. The highest BCUT2D eigenvalue weighted by Gasteiger charge is 2.30. The predicted molar refractivity (Wildman–Crippen MR) is 124 cm³/mol. The van der Waals surface area contributed by atoms with Crippen molar-refractivity contribution in [1.82, 2.24) is 4.90 Å². The average molecular weight is 570 g/mol. The predicted octanol–water partition coefficient (Wildman–Crippen LogP) is 4.61. The highest BCUT2D eigenvalue weighted by molar-refractivity contribution is 9.11. The standard InChI is InChI=1S/C20H14Br2N2O6S/c1-24-18(27)15(31-20(24)23-12-4-2-11(3-5-12)19(28)29)8-10-6-13(21)17(14(22)7-10)30-9-16(25)26/h2-8H,9H2,1H3,(H,25,26)(H,28,29)/b15-8-,23-20?. The summed E-state index contributed by atoms with van der Waals surface area (Å²) in [6.45, 7) is -0.482. The second kappa shape index (κ2) is 9.67. The van der Waals surface area contributed by atoms with Crippen LogP contribution < -0.4 is 4.74 Å². The molecule has 0 aromatic heterocycles. The van der Waals surface area contributed by atoms with Crippen LogP contribution in [0.25, 0.3) is 6.08 Å². The normalized spacial score (nSPS) is 16.2. The fourth-order valence-corrected chi connectivity index (χ4v) is 4.96. The van der Waals surface area contributed by atoms with Gasteiger partial charge in [-0.3, -0.25) is 9.69 Å². The molecular weight excluding hydrogens is 556 g/mol. The number of aromatic carboxylic acids is 1. The molecule has 1 heterocycles. The Morgan fingerprint density at radius 2 is 1.77 bits per heavy atom. The Balaban J connectivity index is 1.84. The first kappa shape index (κ1) is 23.0. The SMILES string of the molecule is CN1C(=O)/C(=C/c2cc(Br)c(OCC(=O)O)c(Br)c2)SC1=Nc1ccc(C(=O)O)cc1. The number of aliphatic imine (C=N–C) groups is 1. The molecule has 31 heavy (non-hydrogen) atoms. The molecule has 160 valence electrons. The number of carbonyl (C=O) groups excluding carboxylic acids is 1. The van der Waals surface area contributed by atoms with Gasteiger partial charge in [-0.05, 0) is 91.7 Å². The lowest BCUT2D eigenvalue weighted by Crippen LogP contribution is -2.23. The minimum absolute atomic E-state index is 0.153. The van der Waals surface area contributed by atoms with Gasteiger partial charge in [-0.2, -0.15) is 0 Å². The van der Waals surface area contributed by atoms with E-state index in [0.717, 1.165) is 0 Å². The molecule has 11 heteroatoms. The third-order valence-electron chi connectivity index (χ3n) is 4.00. The molecule has 1 amide bonds. The van der Waals surface area contributed by atoms with Crippen LogP contribution in [0.5, 0.6) is 5.75 Å². The Morgan fingerprint density at radius 1 is 1.16 bits per heavy atom. The Bertz CT molecular complexity index is 1110. The van der Waals surface area contributed by atoms with Crippen molar-refractivity contribution >= 4 is 78.4 Å². The molecule has 0 bridgehead atoms. The molecule has 2 N–H and O–H groups in total. The monoisotopic (exact) mass is 568 g/mol. The van der Waals surface area contributed by atoms with Gasteiger partial charge in [0.05, 0.1) is 25.1 Å². The Morgan fingerprint density at radius 3 is 2.32 bits per heavy atom. The minimum atomic E-state index is -1.09. The number of carbonyl (C=O) groups is 3. The lowest BCUT2D eigenvalue weighted by Gasteiger charge is -2.09. The fourth-order valence-electron chi connectivity index (χ4n) is 2.53. The van der Waals surface area contributed by atoms with Gasteiger partial charge in [-0.25, -0.2) is 14.6 Å². The quantitative estimate of drug-likeness (QED) is 0.488. The van der Waals surface area contributed by atoms with Crippen LogP contribution in [-0.4, -0.2) is 51.8 Å². The number of likely N-dealkylation sites (N-methyl/N-ethyl adjacent to an activating group) is 1. The highest BCUT2D eigenvalue weighted by Crippen LogP contribution is 2.38. The van der Waals surface area contributed by atoms with Crippen molar-refractivity contribution in [2.45, 2.75) is 0 Å². The first-order valence-corrected chi connectivity index (χ1v) is 11.0. The van der Waals surface area contributed by atoms with E-state index < -0.39 is 18.5 Å². The number of nitrogens with zero attached hydrogens (tertiary/aromatic N) is 2. The lowest BCUT2D eigenvalue weighted by atomic mass is 10.2. The van der Waals surface area contributed by atoms with Crippen LogP contribution in [0.3, 0.4) is 0 Å². The van der Waals surface area contributed by atoms with Gasteiger partial charge in [-0.1, -0.05) is 0 Å². The number of amidine groups is 1. The number of hydrogen-bond acceptors (Lipinski definition) is 6. The Labute approximate surface area is 197 Å². The first-order chi connectivity index (χ1) is 14.7. The van der Waals surface area contributed by atoms with Crippen LogP contribution in [0.4, 0.5) is 5.69 Å². The average Bonchev–Trinajstić information content (AvgIpc) is 2.95. The zero-order chi connectivity index (χ0) is 22.7. The molecule has 1 saturated heterocycles. The van der Waals surface area contributed by atoms with E-state index in [1.54, 1.807) is 37.4 Å². The second-order valence-corrected chi connectivity index (χ2v) is 8.94. The van der Waals surface area contributed by atoms with Crippen molar-refractivity contribution in [1.29, 1.82) is 0 Å². The number of benzene rings is 2. The summed E-state index contributed by atoms with van der Waals surface area (Å²) < 4.78 is 6.32. The molecule has 0 atom stereocenters. The van der Waals surface area contributed by atoms with E-state index in [4.69, 9.17) is 14.9 Å². The van der Waals surface area contributed by atoms with Gasteiger partial charge in [0.1, 0.15) is 5.75 Å². The maximum absolute atomic E-state index is 12.6. The minimum Gasteiger partial charge on any atom is -0.480 e. The van der Waals surface area contributed by atoms with Crippen LogP contribution in [-0.2, 0) is 9.59 Å². The molecule has 0 unspecified atom stereocenters. The smallest absolute Gasteiger partial charge is 0.341 e. The zero-order valence-electron chi connectivity index (χ0n) is 15.8. The van der Waals surface area contributed by atoms with Gasteiger partial charge in [0.15, 0.2) is 11.8 Å². The van der Waals surface area contributed by atoms with Gasteiger partial charge in [0.2, 0.25) is 0 Å². The van der Waals surface area contributed by atoms with Crippen LogP contribution in [0.1, 0.15) is 15.9 Å². The molecule has 0 aliphatic carbocycles. The number of rotatable bonds is 6. The van der Waals surface area contributed by atoms with Gasteiger partial charge < -0.3 is 14.9 Å². The number of hydrogen-bond donors (Lipinski definition) is 2. The van der Waals surface area contributed by atoms with E-state index in [0.29, 0.717) is 36.0 Å². The Hall–Kier alpha value is -2.63. The molecule has 8 nitrogen and oxygen atoms in total. The van der Waals surface area contributed by atoms with Gasteiger partial charge >= 0.3 is 11.9 Å². The van der Waals surface area contributed by atoms with E-state index >= 15 is 0 Å². The first-order valence-electron chi connectivity index (χ1n) is 8.59. The van der Waals surface area contributed by atoms with E-state index in [1.807, 2.05) is 0 Å². The number of ether oxygens (including phenoxy) is 1. The topological polar surface area (TPSA) is 117 Å². The zero-order valence-corrected chi connectivity index (χ0v) is 19.8. The maximum atomic E-state index is 12.6. The molecular formula is C20H14Br2N2O6S. The van der Waals surface area contributed by atoms with Gasteiger partial charge in [0, 0.05) is 7.05 Å². The molecule has 1 fully saturated rings. The van der Waals surface area contributed by atoms with E-state index in [-0.39, 0.29) is 11.5 Å². The number of carboxylic acids is 2. The van der Waals surface area contributed by atoms with Crippen molar-refractivity contribution < 1.29 is 29.3 Å². The molecule has 0 spiro atoms. The largest absolute Gasteiger partial charge is 0.480 e. The number of carboxylic acid groups (broad SMARTS) is 2. The molecule has 2 aromatic carbocycles. The number of halogens is 2. The summed E-state index contributed by atoms with van der Waals surface area (Å²) in [6, 6.07) is 9.46. The third kappa shape index (κ3) is 5.54. The molecule has 0 saturated carbocycles. The molecule has 2 aromatic rings. The fraction of sp³-hybridized carbons (Fsp3) is 0.100. The van der Waals surface area contributed by atoms with Crippen molar-refractivity contribution in [2.75, 3.05) is 13.7 Å². The maximum Gasteiger partial charge on any atom is 0.341 e. The molecule has 0 radical (unpaired) electrons. The second-order valence-electron chi connectivity index (χ2n) is 6.22. The van der Waals surface area contributed by atoms with Crippen LogP contribution in [0.2, 0.25) is 0 Å². The number of amides is 1.